The second-order valence-corrected chi connectivity index (χ2v) is 7.32. The van der Waals surface area contributed by atoms with Crippen LogP contribution in [0, 0.1) is 5.92 Å². The van der Waals surface area contributed by atoms with Crippen LogP contribution in [0.25, 0.3) is 0 Å². The van der Waals surface area contributed by atoms with Gasteiger partial charge in [0.25, 0.3) is 0 Å². The third kappa shape index (κ3) is 8.27. The van der Waals surface area contributed by atoms with Crippen LogP contribution in [-0.4, -0.2) is 48.2 Å². The fourth-order valence-corrected chi connectivity index (χ4v) is 3.77. The Morgan fingerprint density at radius 3 is 2.24 bits per heavy atom. The second-order valence-electron chi connectivity index (χ2n) is 6.44. The predicted molar refractivity (Wildman–Crippen MR) is 97.8 cm³/mol. The van der Waals surface area contributed by atoms with Crippen molar-refractivity contribution in [3.05, 3.63) is 12.2 Å². The fraction of sp³-hybridized carbons (Fsp3) is 0.889. The zero-order chi connectivity index (χ0) is 15.5. The van der Waals surface area contributed by atoms with E-state index in [4.69, 9.17) is 0 Å². The van der Waals surface area contributed by atoms with Gasteiger partial charge < -0.3 is 4.90 Å². The van der Waals surface area contributed by atoms with Crippen LogP contribution in [0.5, 0.6) is 0 Å². The number of hydrogen-bond acceptors (Lipinski definition) is 3. The SMILES string of the molecule is C=C(CCC1CCN(SC)CC1)CCN(CCC)CCC. The number of rotatable bonds is 11. The van der Waals surface area contributed by atoms with Crippen molar-refractivity contribution in [3.8, 4) is 0 Å². The highest BCUT2D eigenvalue weighted by atomic mass is 32.2. The molecule has 1 rings (SSSR count). The lowest BCUT2D eigenvalue weighted by Gasteiger charge is -2.30. The highest BCUT2D eigenvalue weighted by Gasteiger charge is 2.18. The highest BCUT2D eigenvalue weighted by Crippen LogP contribution is 2.26. The first-order valence-corrected chi connectivity index (χ1v) is 10.1. The molecule has 1 fully saturated rings. The zero-order valence-corrected chi connectivity index (χ0v) is 15.4. The van der Waals surface area contributed by atoms with Gasteiger partial charge in [-0.2, -0.15) is 0 Å². The molecule has 1 saturated heterocycles. The first kappa shape index (κ1) is 19.1. The summed E-state index contributed by atoms with van der Waals surface area (Å²) in [5.74, 6) is 0.938. The lowest BCUT2D eigenvalue weighted by molar-refractivity contribution is 0.270. The average Bonchev–Trinajstić information content (AvgIpc) is 2.51. The molecular formula is C18H36N2S. The highest BCUT2D eigenvalue weighted by molar-refractivity contribution is 7.96. The molecule has 0 bridgehead atoms. The molecule has 2 nitrogen and oxygen atoms in total. The minimum Gasteiger partial charge on any atom is -0.303 e. The van der Waals surface area contributed by atoms with Crippen molar-refractivity contribution in [1.82, 2.24) is 9.21 Å². The molecule has 0 aliphatic carbocycles. The van der Waals surface area contributed by atoms with Crippen molar-refractivity contribution in [2.45, 2.75) is 58.8 Å². The molecule has 21 heavy (non-hydrogen) atoms. The van der Waals surface area contributed by atoms with E-state index in [0.717, 1.165) is 5.92 Å². The van der Waals surface area contributed by atoms with Crippen LogP contribution in [0.4, 0.5) is 0 Å². The quantitative estimate of drug-likeness (QED) is 0.399. The molecule has 0 aromatic carbocycles. The Balaban J connectivity index is 2.13. The molecule has 124 valence electrons. The zero-order valence-electron chi connectivity index (χ0n) is 14.6. The summed E-state index contributed by atoms with van der Waals surface area (Å²) in [6, 6.07) is 0. The molecular weight excluding hydrogens is 276 g/mol. The van der Waals surface area contributed by atoms with Crippen LogP contribution in [0.15, 0.2) is 12.2 Å². The van der Waals surface area contributed by atoms with E-state index in [-0.39, 0.29) is 0 Å². The Hall–Kier alpha value is 0.01000. The average molecular weight is 313 g/mol. The lowest BCUT2D eigenvalue weighted by atomic mass is 9.91. The van der Waals surface area contributed by atoms with Gasteiger partial charge in [0.15, 0.2) is 0 Å². The smallest absolute Gasteiger partial charge is 0.00918 e. The Bertz CT molecular complexity index is 266. The normalized spacial score (nSPS) is 17.5. The van der Waals surface area contributed by atoms with Crippen molar-refractivity contribution < 1.29 is 0 Å². The van der Waals surface area contributed by atoms with Gasteiger partial charge >= 0.3 is 0 Å². The van der Waals surface area contributed by atoms with Gasteiger partial charge in [-0.1, -0.05) is 37.9 Å². The van der Waals surface area contributed by atoms with E-state index in [0.29, 0.717) is 0 Å². The summed E-state index contributed by atoms with van der Waals surface area (Å²) in [5.41, 5.74) is 1.47. The van der Waals surface area contributed by atoms with Gasteiger partial charge in [0.05, 0.1) is 0 Å². The summed E-state index contributed by atoms with van der Waals surface area (Å²) >= 11 is 1.90. The summed E-state index contributed by atoms with van der Waals surface area (Å²) in [5, 5.41) is 0. The molecule has 0 radical (unpaired) electrons. The minimum atomic E-state index is 0.938. The van der Waals surface area contributed by atoms with Gasteiger partial charge in [0.2, 0.25) is 0 Å². The largest absolute Gasteiger partial charge is 0.303 e. The van der Waals surface area contributed by atoms with Crippen LogP contribution in [0.3, 0.4) is 0 Å². The van der Waals surface area contributed by atoms with Crippen molar-refractivity contribution in [2.75, 3.05) is 39.0 Å². The monoisotopic (exact) mass is 312 g/mol. The van der Waals surface area contributed by atoms with Crippen LogP contribution >= 0.6 is 11.9 Å². The van der Waals surface area contributed by atoms with E-state index in [2.05, 4.69) is 35.9 Å². The molecule has 1 heterocycles. The molecule has 0 aromatic rings. The molecule has 0 amide bonds. The summed E-state index contributed by atoms with van der Waals surface area (Å²) in [6.45, 7) is 15.1. The Morgan fingerprint density at radius 1 is 1.10 bits per heavy atom. The summed E-state index contributed by atoms with van der Waals surface area (Å²) in [7, 11) is 0. The van der Waals surface area contributed by atoms with Crippen LogP contribution in [-0.2, 0) is 0 Å². The van der Waals surface area contributed by atoms with E-state index >= 15 is 0 Å². The minimum absolute atomic E-state index is 0.938. The van der Waals surface area contributed by atoms with Crippen LogP contribution in [0.1, 0.15) is 58.8 Å². The molecule has 0 spiro atoms. The first-order valence-electron chi connectivity index (χ1n) is 8.87. The van der Waals surface area contributed by atoms with Gasteiger partial charge in [-0.3, -0.25) is 4.31 Å². The van der Waals surface area contributed by atoms with E-state index < -0.39 is 0 Å². The van der Waals surface area contributed by atoms with Gasteiger partial charge in [0.1, 0.15) is 0 Å². The number of nitrogens with zero attached hydrogens (tertiary/aromatic N) is 2. The van der Waals surface area contributed by atoms with E-state index in [1.165, 1.54) is 83.2 Å². The Labute approximate surface area is 137 Å². The molecule has 0 aromatic heterocycles. The first-order chi connectivity index (χ1) is 10.2. The van der Waals surface area contributed by atoms with Gasteiger partial charge in [-0.05, 0) is 70.2 Å². The van der Waals surface area contributed by atoms with Gasteiger partial charge in [0, 0.05) is 19.6 Å². The van der Waals surface area contributed by atoms with Gasteiger partial charge in [-0.25, -0.2) is 0 Å². The van der Waals surface area contributed by atoms with E-state index in [9.17, 15) is 0 Å². The van der Waals surface area contributed by atoms with Crippen molar-refractivity contribution in [1.29, 1.82) is 0 Å². The van der Waals surface area contributed by atoms with Crippen LogP contribution in [0.2, 0.25) is 0 Å². The number of piperidine rings is 1. The second kappa shape index (κ2) is 11.6. The molecule has 0 atom stereocenters. The maximum absolute atomic E-state index is 4.32. The van der Waals surface area contributed by atoms with Crippen molar-refractivity contribution >= 4 is 11.9 Å². The summed E-state index contributed by atoms with van der Waals surface area (Å²) < 4.78 is 2.50. The molecule has 1 aliphatic rings. The molecule has 3 heteroatoms. The van der Waals surface area contributed by atoms with Crippen molar-refractivity contribution in [2.24, 2.45) is 5.92 Å². The van der Waals surface area contributed by atoms with E-state index in [1.54, 1.807) is 0 Å². The maximum atomic E-state index is 4.32. The van der Waals surface area contributed by atoms with E-state index in [1.807, 2.05) is 11.9 Å². The van der Waals surface area contributed by atoms with Crippen LogP contribution < -0.4 is 0 Å². The Kier molecular flexibility index (Phi) is 10.5. The number of hydrogen-bond donors (Lipinski definition) is 0. The summed E-state index contributed by atoms with van der Waals surface area (Å²) in [6.07, 6.45) is 11.3. The fourth-order valence-electron chi connectivity index (χ4n) is 3.20. The van der Waals surface area contributed by atoms with Crippen molar-refractivity contribution in [3.63, 3.8) is 0 Å². The topological polar surface area (TPSA) is 6.48 Å². The molecule has 1 aliphatic heterocycles. The summed E-state index contributed by atoms with van der Waals surface area (Å²) in [4.78, 5) is 2.60. The third-order valence-electron chi connectivity index (χ3n) is 4.60. The predicted octanol–water partition coefficient (Wildman–Crippen LogP) is 4.82. The standard InChI is InChI=1S/C18H36N2S/c1-5-12-19(13-6-2)14-9-17(3)7-8-18-10-15-20(21-4)16-11-18/h18H,3,5-16H2,1-2,4H3. The molecule has 0 saturated carbocycles. The Morgan fingerprint density at radius 2 is 1.71 bits per heavy atom. The maximum Gasteiger partial charge on any atom is 0.00918 e. The van der Waals surface area contributed by atoms with Gasteiger partial charge in [-0.15, -0.1) is 0 Å². The lowest BCUT2D eigenvalue weighted by Crippen LogP contribution is -2.28. The third-order valence-corrected chi connectivity index (χ3v) is 5.48. The molecule has 0 unspecified atom stereocenters. The molecule has 0 N–H and O–H groups in total.